The number of sulfone groups is 1. The Morgan fingerprint density at radius 2 is 2.00 bits per heavy atom. The van der Waals surface area contributed by atoms with Crippen molar-refractivity contribution in [2.75, 3.05) is 18.8 Å². The van der Waals surface area contributed by atoms with E-state index in [0.29, 0.717) is 29.2 Å². The number of thiophene rings is 1. The Kier molecular flexibility index (Phi) is 5.50. The number of amides is 1. The molecule has 1 aliphatic rings. The molecule has 3 aromatic rings. The van der Waals surface area contributed by atoms with Crippen molar-refractivity contribution in [3.05, 3.63) is 64.1 Å². The Morgan fingerprint density at radius 1 is 1.21 bits per heavy atom. The van der Waals surface area contributed by atoms with E-state index in [1.807, 2.05) is 17.5 Å². The third-order valence-corrected chi connectivity index (χ3v) is 8.50. The number of carbonyl (C=O) groups excluding carboxylic acids is 1. The third kappa shape index (κ3) is 3.97. The fourth-order valence-corrected chi connectivity index (χ4v) is 6.44. The van der Waals surface area contributed by atoms with Crippen LogP contribution < -0.4 is 0 Å². The van der Waals surface area contributed by atoms with E-state index in [-0.39, 0.29) is 18.2 Å². The van der Waals surface area contributed by atoms with E-state index in [1.54, 1.807) is 58.3 Å². The van der Waals surface area contributed by atoms with Gasteiger partial charge in [-0.25, -0.2) is 8.42 Å². The lowest BCUT2D eigenvalue weighted by molar-refractivity contribution is 0.0755. The molecule has 0 spiro atoms. The van der Waals surface area contributed by atoms with Crippen molar-refractivity contribution in [3.63, 3.8) is 0 Å². The van der Waals surface area contributed by atoms with Gasteiger partial charge in [0.15, 0.2) is 9.84 Å². The molecule has 0 bridgehead atoms. The summed E-state index contributed by atoms with van der Waals surface area (Å²) in [5.74, 6) is -0.303. The Labute approximate surface area is 178 Å². The number of benzene rings is 1. The first-order valence-corrected chi connectivity index (χ1v) is 12.2. The van der Waals surface area contributed by atoms with E-state index < -0.39 is 15.1 Å². The van der Waals surface area contributed by atoms with Crippen LogP contribution in [-0.4, -0.2) is 47.8 Å². The van der Waals surface area contributed by atoms with Crippen LogP contribution in [0.3, 0.4) is 0 Å². The molecular formula is C20H20ClN3O3S2. The topological polar surface area (TPSA) is 72.3 Å². The summed E-state index contributed by atoms with van der Waals surface area (Å²) in [6.45, 7) is 0.495. The fourth-order valence-electron chi connectivity index (χ4n) is 3.61. The summed E-state index contributed by atoms with van der Waals surface area (Å²) in [7, 11) is -1.70. The molecule has 1 atom stereocenters. The SMILES string of the molecule is Cn1nc(-c2cccs2)cc1C(=O)N1CC[C@@H](c2ccccc2Cl)S(=O)(=O)CC1. The molecule has 3 heterocycles. The zero-order valence-electron chi connectivity index (χ0n) is 15.8. The van der Waals surface area contributed by atoms with Gasteiger partial charge in [-0.05, 0) is 35.6 Å². The van der Waals surface area contributed by atoms with Gasteiger partial charge >= 0.3 is 0 Å². The number of hydrogen-bond donors (Lipinski definition) is 0. The smallest absolute Gasteiger partial charge is 0.272 e. The van der Waals surface area contributed by atoms with Gasteiger partial charge in [0.05, 0.1) is 15.9 Å². The number of rotatable bonds is 3. The van der Waals surface area contributed by atoms with Crippen LogP contribution in [0.1, 0.15) is 27.7 Å². The lowest BCUT2D eigenvalue weighted by Gasteiger charge is -2.20. The van der Waals surface area contributed by atoms with Gasteiger partial charge in [0.25, 0.3) is 5.91 Å². The third-order valence-electron chi connectivity index (χ3n) is 5.15. The van der Waals surface area contributed by atoms with Crippen molar-refractivity contribution in [1.82, 2.24) is 14.7 Å². The molecule has 1 fully saturated rings. The summed E-state index contributed by atoms with van der Waals surface area (Å²) in [6, 6.07) is 12.7. The summed E-state index contributed by atoms with van der Waals surface area (Å²) in [5.41, 5.74) is 1.79. The molecule has 29 heavy (non-hydrogen) atoms. The van der Waals surface area contributed by atoms with Crippen molar-refractivity contribution in [3.8, 4) is 10.6 Å². The highest BCUT2D eigenvalue weighted by molar-refractivity contribution is 7.91. The number of aromatic nitrogens is 2. The largest absolute Gasteiger partial charge is 0.336 e. The first-order chi connectivity index (χ1) is 13.9. The molecule has 1 saturated heterocycles. The van der Waals surface area contributed by atoms with Crippen LogP contribution in [0.4, 0.5) is 0 Å². The summed E-state index contributed by atoms with van der Waals surface area (Å²) in [6.07, 6.45) is 0.313. The highest BCUT2D eigenvalue weighted by Gasteiger charge is 2.34. The van der Waals surface area contributed by atoms with Crippen molar-refractivity contribution >= 4 is 38.7 Å². The van der Waals surface area contributed by atoms with Gasteiger partial charge in [-0.2, -0.15) is 5.10 Å². The van der Waals surface area contributed by atoms with Crippen LogP contribution in [0.2, 0.25) is 5.02 Å². The van der Waals surface area contributed by atoms with Gasteiger partial charge in [0.2, 0.25) is 0 Å². The van der Waals surface area contributed by atoms with Crippen molar-refractivity contribution < 1.29 is 13.2 Å². The molecule has 9 heteroatoms. The van der Waals surface area contributed by atoms with Crippen LogP contribution in [0, 0.1) is 0 Å². The number of carbonyl (C=O) groups is 1. The van der Waals surface area contributed by atoms with Crippen LogP contribution in [0.25, 0.3) is 10.6 Å². The predicted octanol–water partition coefficient (Wildman–Crippen LogP) is 3.80. The van der Waals surface area contributed by atoms with E-state index in [2.05, 4.69) is 5.10 Å². The van der Waals surface area contributed by atoms with E-state index >= 15 is 0 Å². The fraction of sp³-hybridized carbons (Fsp3) is 0.300. The lowest BCUT2D eigenvalue weighted by atomic mass is 10.1. The molecule has 1 aliphatic heterocycles. The molecule has 2 aromatic heterocycles. The quantitative estimate of drug-likeness (QED) is 0.609. The molecule has 152 valence electrons. The first-order valence-electron chi connectivity index (χ1n) is 9.20. The van der Waals surface area contributed by atoms with Crippen LogP contribution in [-0.2, 0) is 16.9 Å². The van der Waals surface area contributed by atoms with E-state index in [1.165, 1.54) is 0 Å². The first kappa shape index (κ1) is 20.1. The standard InChI is InChI=1S/C20H20ClN3O3S2/c1-23-17(13-16(22-23)18-7-4-11-28-18)20(25)24-9-8-19(29(26,27)12-10-24)14-5-2-3-6-15(14)21/h2-7,11,13,19H,8-10,12H2,1H3/t19-/m0/s1. The minimum Gasteiger partial charge on any atom is -0.336 e. The summed E-state index contributed by atoms with van der Waals surface area (Å²) in [4.78, 5) is 15.7. The molecule has 0 saturated carbocycles. The van der Waals surface area contributed by atoms with Crippen molar-refractivity contribution in [2.45, 2.75) is 11.7 Å². The zero-order chi connectivity index (χ0) is 20.6. The van der Waals surface area contributed by atoms with Gasteiger partial charge in [0, 0.05) is 25.2 Å². The average Bonchev–Trinajstić information content (AvgIpc) is 3.31. The van der Waals surface area contributed by atoms with Gasteiger partial charge in [-0.15, -0.1) is 11.3 Å². The maximum Gasteiger partial charge on any atom is 0.272 e. The second kappa shape index (κ2) is 7.93. The van der Waals surface area contributed by atoms with Crippen LogP contribution in [0.5, 0.6) is 0 Å². The van der Waals surface area contributed by atoms with Crippen molar-refractivity contribution in [1.29, 1.82) is 0 Å². The predicted molar refractivity (Wildman–Crippen MR) is 115 cm³/mol. The summed E-state index contributed by atoms with van der Waals surface area (Å²) >= 11 is 7.80. The minimum atomic E-state index is -3.42. The number of halogens is 1. The molecular weight excluding hydrogens is 430 g/mol. The number of hydrogen-bond acceptors (Lipinski definition) is 5. The molecule has 1 amide bonds. The highest BCUT2D eigenvalue weighted by atomic mass is 35.5. The highest BCUT2D eigenvalue weighted by Crippen LogP contribution is 2.34. The zero-order valence-corrected chi connectivity index (χ0v) is 18.2. The molecule has 0 N–H and O–H groups in total. The minimum absolute atomic E-state index is 0.0930. The Hall–Kier alpha value is -2.16. The molecule has 4 rings (SSSR count). The van der Waals surface area contributed by atoms with Crippen LogP contribution >= 0.6 is 22.9 Å². The van der Waals surface area contributed by atoms with E-state index in [4.69, 9.17) is 11.6 Å². The Bertz CT molecular complexity index is 1140. The molecule has 0 radical (unpaired) electrons. The van der Waals surface area contributed by atoms with Crippen molar-refractivity contribution in [2.24, 2.45) is 7.05 Å². The van der Waals surface area contributed by atoms with Gasteiger partial charge in [-0.1, -0.05) is 35.9 Å². The Morgan fingerprint density at radius 3 is 2.72 bits per heavy atom. The van der Waals surface area contributed by atoms with E-state index in [0.717, 1.165) is 10.6 Å². The maximum atomic E-state index is 13.1. The molecule has 0 unspecified atom stereocenters. The molecule has 0 aliphatic carbocycles. The number of aryl methyl sites for hydroxylation is 1. The molecule has 6 nitrogen and oxygen atoms in total. The second-order valence-electron chi connectivity index (χ2n) is 6.97. The Balaban J connectivity index is 1.58. The maximum absolute atomic E-state index is 13.1. The molecule has 1 aromatic carbocycles. The summed E-state index contributed by atoms with van der Waals surface area (Å²) in [5, 5.41) is 6.13. The van der Waals surface area contributed by atoms with Gasteiger partial charge in [0.1, 0.15) is 11.4 Å². The van der Waals surface area contributed by atoms with Crippen LogP contribution in [0.15, 0.2) is 47.8 Å². The van der Waals surface area contributed by atoms with Gasteiger partial charge in [-0.3, -0.25) is 9.48 Å². The lowest BCUT2D eigenvalue weighted by Crippen LogP contribution is -2.34. The average molecular weight is 450 g/mol. The van der Waals surface area contributed by atoms with E-state index in [9.17, 15) is 13.2 Å². The number of nitrogens with zero attached hydrogens (tertiary/aromatic N) is 3. The summed E-state index contributed by atoms with van der Waals surface area (Å²) < 4.78 is 27.3. The van der Waals surface area contributed by atoms with Gasteiger partial charge < -0.3 is 4.90 Å². The monoisotopic (exact) mass is 449 g/mol. The second-order valence-corrected chi connectivity index (χ2v) is 10.6. The normalized spacial score (nSPS) is 19.1.